The highest BCUT2D eigenvalue weighted by atomic mass is 32.2. The Labute approximate surface area is 161 Å². The highest BCUT2D eigenvalue weighted by molar-refractivity contribution is 7.89. The third-order valence-corrected chi connectivity index (χ3v) is 6.46. The molecule has 0 atom stereocenters. The van der Waals surface area contributed by atoms with Crippen LogP contribution in [0, 0.1) is 17.6 Å². The first-order valence-electron chi connectivity index (χ1n) is 8.68. The predicted molar refractivity (Wildman–Crippen MR) is 92.3 cm³/mol. The first kappa shape index (κ1) is 22.6. The first-order valence-corrected chi connectivity index (χ1v) is 10.1. The standard InChI is InChI=1S/C17H22F4N2O4S/c1-27-9-8-22(11-16(20)21)17(24)12-4-6-23(7-5-12)28(25,26)13-2-3-14(18)15(19)10-13/h2-3,10,12,16H,4-9,11H2,1H3. The number of carbonyl (C=O) groups is 1. The molecule has 1 aliphatic rings. The summed E-state index contributed by atoms with van der Waals surface area (Å²) in [6.07, 6.45) is -2.39. The lowest BCUT2D eigenvalue weighted by atomic mass is 9.96. The van der Waals surface area contributed by atoms with Gasteiger partial charge in [0, 0.05) is 32.7 Å². The minimum Gasteiger partial charge on any atom is -0.383 e. The molecule has 0 bridgehead atoms. The molecule has 0 N–H and O–H groups in total. The Morgan fingerprint density at radius 2 is 1.89 bits per heavy atom. The van der Waals surface area contributed by atoms with E-state index >= 15 is 0 Å². The number of carbonyl (C=O) groups excluding carboxylic acids is 1. The summed E-state index contributed by atoms with van der Waals surface area (Å²) in [7, 11) is -2.65. The monoisotopic (exact) mass is 426 g/mol. The van der Waals surface area contributed by atoms with Gasteiger partial charge in [-0.15, -0.1) is 0 Å². The van der Waals surface area contributed by atoms with E-state index < -0.39 is 46.5 Å². The minimum atomic E-state index is -4.04. The van der Waals surface area contributed by atoms with E-state index in [0.29, 0.717) is 6.07 Å². The molecule has 0 aliphatic carbocycles. The van der Waals surface area contributed by atoms with Gasteiger partial charge in [0.25, 0.3) is 6.43 Å². The van der Waals surface area contributed by atoms with Crippen LogP contribution in [0.15, 0.2) is 23.1 Å². The lowest BCUT2D eigenvalue weighted by Crippen LogP contribution is -2.46. The summed E-state index contributed by atoms with van der Waals surface area (Å²) in [5.41, 5.74) is 0. The molecule has 0 spiro atoms. The summed E-state index contributed by atoms with van der Waals surface area (Å²) in [6, 6.07) is 2.31. The summed E-state index contributed by atoms with van der Waals surface area (Å²) < 4.78 is 82.9. The smallest absolute Gasteiger partial charge is 0.255 e. The molecule has 1 aliphatic heterocycles. The molecule has 28 heavy (non-hydrogen) atoms. The van der Waals surface area contributed by atoms with Crippen molar-refractivity contribution in [3.05, 3.63) is 29.8 Å². The zero-order chi connectivity index (χ0) is 20.9. The number of piperidine rings is 1. The van der Waals surface area contributed by atoms with Crippen LogP contribution in [0.1, 0.15) is 12.8 Å². The molecule has 1 heterocycles. The second-order valence-corrected chi connectivity index (χ2v) is 8.36. The molecule has 0 aromatic heterocycles. The van der Waals surface area contributed by atoms with Gasteiger partial charge in [-0.2, -0.15) is 4.31 Å². The first-order chi connectivity index (χ1) is 13.2. The van der Waals surface area contributed by atoms with E-state index in [9.17, 15) is 30.8 Å². The van der Waals surface area contributed by atoms with Crippen LogP contribution < -0.4 is 0 Å². The van der Waals surface area contributed by atoms with Gasteiger partial charge in [0.2, 0.25) is 15.9 Å². The van der Waals surface area contributed by atoms with Crippen LogP contribution in [0.25, 0.3) is 0 Å². The second kappa shape index (κ2) is 9.66. The molecule has 1 saturated heterocycles. The summed E-state index contributed by atoms with van der Waals surface area (Å²) >= 11 is 0. The molecule has 11 heteroatoms. The number of amides is 1. The number of hydrogen-bond acceptors (Lipinski definition) is 4. The van der Waals surface area contributed by atoms with E-state index in [1.54, 1.807) is 0 Å². The quantitative estimate of drug-likeness (QED) is 0.598. The summed E-state index contributed by atoms with van der Waals surface area (Å²) in [6.45, 7) is -0.626. The van der Waals surface area contributed by atoms with Crippen molar-refractivity contribution in [1.29, 1.82) is 0 Å². The van der Waals surface area contributed by atoms with Crippen molar-refractivity contribution in [3.63, 3.8) is 0 Å². The van der Waals surface area contributed by atoms with Gasteiger partial charge >= 0.3 is 0 Å². The largest absolute Gasteiger partial charge is 0.383 e. The van der Waals surface area contributed by atoms with Crippen LogP contribution >= 0.6 is 0 Å². The molecule has 1 fully saturated rings. The maximum atomic E-state index is 13.4. The molecule has 1 aromatic rings. The Kier molecular flexibility index (Phi) is 7.79. The maximum Gasteiger partial charge on any atom is 0.255 e. The Bertz CT molecular complexity index is 783. The number of sulfonamides is 1. The number of nitrogens with zero attached hydrogens (tertiary/aromatic N) is 2. The third-order valence-electron chi connectivity index (χ3n) is 4.57. The van der Waals surface area contributed by atoms with E-state index in [-0.39, 0.29) is 44.0 Å². The third kappa shape index (κ3) is 5.42. The van der Waals surface area contributed by atoms with Crippen LogP contribution in [0.4, 0.5) is 17.6 Å². The van der Waals surface area contributed by atoms with Gasteiger partial charge in [0.1, 0.15) is 0 Å². The molecule has 6 nitrogen and oxygen atoms in total. The molecule has 0 radical (unpaired) electrons. The van der Waals surface area contributed by atoms with E-state index in [0.717, 1.165) is 21.3 Å². The van der Waals surface area contributed by atoms with Crippen molar-refractivity contribution in [3.8, 4) is 0 Å². The Balaban J connectivity index is 2.04. The zero-order valence-electron chi connectivity index (χ0n) is 15.3. The van der Waals surface area contributed by atoms with Crippen molar-refractivity contribution in [2.45, 2.75) is 24.2 Å². The fraction of sp³-hybridized carbons (Fsp3) is 0.588. The molecule has 1 amide bonds. The number of benzene rings is 1. The SMILES string of the molecule is COCCN(CC(F)F)C(=O)C1CCN(S(=O)(=O)c2ccc(F)c(F)c2)CC1. The van der Waals surface area contributed by atoms with Crippen LogP contribution in [0.5, 0.6) is 0 Å². The highest BCUT2D eigenvalue weighted by Crippen LogP contribution is 2.26. The van der Waals surface area contributed by atoms with Crippen molar-refractivity contribution in [1.82, 2.24) is 9.21 Å². The van der Waals surface area contributed by atoms with E-state index in [1.807, 2.05) is 0 Å². The molecular weight excluding hydrogens is 404 g/mol. The molecule has 0 saturated carbocycles. The number of hydrogen-bond donors (Lipinski definition) is 0. The summed E-state index contributed by atoms with van der Waals surface area (Å²) in [4.78, 5) is 13.2. The minimum absolute atomic E-state index is 0.0209. The lowest BCUT2D eigenvalue weighted by Gasteiger charge is -2.33. The van der Waals surface area contributed by atoms with Gasteiger partial charge in [-0.1, -0.05) is 0 Å². The lowest BCUT2D eigenvalue weighted by molar-refractivity contribution is -0.139. The number of halogens is 4. The molecule has 158 valence electrons. The van der Waals surface area contributed by atoms with Crippen molar-refractivity contribution in [2.75, 3.05) is 39.9 Å². The Morgan fingerprint density at radius 3 is 2.43 bits per heavy atom. The van der Waals surface area contributed by atoms with Crippen LogP contribution in [-0.4, -0.2) is 69.9 Å². The summed E-state index contributed by atoms with van der Waals surface area (Å²) in [5, 5.41) is 0. The molecule has 0 unspecified atom stereocenters. The number of methoxy groups -OCH3 is 1. The van der Waals surface area contributed by atoms with E-state index in [1.165, 1.54) is 7.11 Å². The molecular formula is C17H22F4N2O4S. The normalized spacial score (nSPS) is 16.5. The summed E-state index contributed by atoms with van der Waals surface area (Å²) in [5.74, 6) is -3.49. The topological polar surface area (TPSA) is 66.9 Å². The van der Waals surface area contributed by atoms with Crippen molar-refractivity contribution < 1.29 is 35.5 Å². The predicted octanol–water partition coefficient (Wildman–Crippen LogP) is 2.11. The van der Waals surface area contributed by atoms with Crippen molar-refractivity contribution in [2.24, 2.45) is 5.92 Å². The highest BCUT2D eigenvalue weighted by Gasteiger charge is 2.34. The van der Waals surface area contributed by atoms with Crippen LogP contribution in [0.3, 0.4) is 0 Å². The fourth-order valence-corrected chi connectivity index (χ4v) is 4.53. The van der Waals surface area contributed by atoms with Gasteiger partial charge in [0.05, 0.1) is 18.0 Å². The van der Waals surface area contributed by atoms with Crippen LogP contribution in [0.2, 0.25) is 0 Å². The van der Waals surface area contributed by atoms with E-state index in [2.05, 4.69) is 0 Å². The second-order valence-electron chi connectivity index (χ2n) is 6.42. The van der Waals surface area contributed by atoms with Gasteiger partial charge in [-0.05, 0) is 31.0 Å². The average Bonchev–Trinajstić information content (AvgIpc) is 2.66. The Hall–Kier alpha value is -1.72. The molecule has 2 rings (SSSR count). The van der Waals surface area contributed by atoms with Gasteiger partial charge in [-0.25, -0.2) is 26.0 Å². The number of ether oxygens (including phenoxy) is 1. The van der Waals surface area contributed by atoms with Gasteiger partial charge in [-0.3, -0.25) is 4.79 Å². The Morgan fingerprint density at radius 1 is 1.25 bits per heavy atom. The number of rotatable bonds is 8. The fourth-order valence-electron chi connectivity index (χ4n) is 3.05. The molecule has 1 aromatic carbocycles. The van der Waals surface area contributed by atoms with Crippen molar-refractivity contribution >= 4 is 15.9 Å². The van der Waals surface area contributed by atoms with Gasteiger partial charge < -0.3 is 9.64 Å². The van der Waals surface area contributed by atoms with Gasteiger partial charge in [0.15, 0.2) is 11.6 Å². The van der Waals surface area contributed by atoms with E-state index in [4.69, 9.17) is 4.74 Å². The number of alkyl halides is 2. The van der Waals surface area contributed by atoms with Crippen LogP contribution in [-0.2, 0) is 19.6 Å². The zero-order valence-corrected chi connectivity index (χ0v) is 16.1. The average molecular weight is 426 g/mol. The maximum absolute atomic E-state index is 13.4.